The second-order valence-corrected chi connectivity index (χ2v) is 9.27. The molecule has 0 amide bonds. The third-order valence-corrected chi connectivity index (χ3v) is 7.73. The van der Waals surface area contributed by atoms with Gasteiger partial charge in [0.2, 0.25) is 0 Å². The van der Waals surface area contributed by atoms with Gasteiger partial charge in [-0.05, 0) is 55.3 Å². The van der Waals surface area contributed by atoms with Gasteiger partial charge in [-0.25, -0.2) is 0 Å². The van der Waals surface area contributed by atoms with Crippen LogP contribution in [0.2, 0.25) is 0 Å². The van der Waals surface area contributed by atoms with Crippen molar-refractivity contribution in [1.82, 2.24) is 0 Å². The van der Waals surface area contributed by atoms with E-state index in [0.29, 0.717) is 29.7 Å². The molecule has 1 spiro atoms. The topological polar surface area (TPSA) is 37.3 Å². The van der Waals surface area contributed by atoms with Gasteiger partial charge >= 0.3 is 0 Å². The first-order valence-corrected chi connectivity index (χ1v) is 8.84. The van der Waals surface area contributed by atoms with Crippen molar-refractivity contribution in [2.45, 2.75) is 71.3 Å². The van der Waals surface area contributed by atoms with E-state index in [0.717, 1.165) is 12.8 Å². The van der Waals surface area contributed by atoms with Gasteiger partial charge in [-0.3, -0.25) is 4.79 Å². The zero-order valence-electron chi connectivity index (χ0n) is 14.2. The summed E-state index contributed by atoms with van der Waals surface area (Å²) in [6.45, 7) is 11.2. The fourth-order valence-electron chi connectivity index (χ4n) is 6.73. The molecular formula is C20H28O2. The predicted octanol–water partition coefficient (Wildman–Crippen LogP) is 4.19. The summed E-state index contributed by atoms with van der Waals surface area (Å²) in [6.07, 6.45) is 9.13. The molecule has 22 heavy (non-hydrogen) atoms. The Morgan fingerprint density at radius 2 is 1.95 bits per heavy atom. The maximum absolute atomic E-state index is 13.0. The number of aliphatic hydroxyl groups is 1. The standard InChI is InChI=1S/C20H28O2/c1-13-16(21)19-10-6-14-17(2,3)8-5-9-18(14,4)15(19)7-11-20(13,22)12-19/h7,14,22H,1,5-6,8-12H2,2-4H3/t14-,18-,19-,20+/m1/s1. The summed E-state index contributed by atoms with van der Waals surface area (Å²) >= 11 is 0. The molecular weight excluding hydrogens is 272 g/mol. The molecule has 3 saturated carbocycles. The molecule has 0 unspecified atom stereocenters. The van der Waals surface area contributed by atoms with Crippen LogP contribution in [0, 0.1) is 22.2 Å². The van der Waals surface area contributed by atoms with Crippen LogP contribution in [0.4, 0.5) is 0 Å². The summed E-state index contributed by atoms with van der Waals surface area (Å²) < 4.78 is 0. The van der Waals surface area contributed by atoms with E-state index in [9.17, 15) is 9.90 Å². The van der Waals surface area contributed by atoms with E-state index in [2.05, 4.69) is 33.4 Å². The molecule has 0 aromatic rings. The summed E-state index contributed by atoms with van der Waals surface area (Å²) in [5.74, 6) is 0.792. The van der Waals surface area contributed by atoms with Crippen LogP contribution in [0.15, 0.2) is 23.8 Å². The summed E-state index contributed by atoms with van der Waals surface area (Å²) in [6, 6.07) is 0. The zero-order valence-corrected chi connectivity index (χ0v) is 14.2. The molecule has 1 N–H and O–H groups in total. The third kappa shape index (κ3) is 1.48. The van der Waals surface area contributed by atoms with Crippen molar-refractivity contribution < 1.29 is 9.90 Å². The molecule has 0 heterocycles. The molecule has 120 valence electrons. The van der Waals surface area contributed by atoms with Crippen molar-refractivity contribution in [2.75, 3.05) is 0 Å². The maximum atomic E-state index is 13.0. The Kier molecular flexibility index (Phi) is 2.64. The lowest BCUT2D eigenvalue weighted by molar-refractivity contribution is -0.126. The number of carbonyl (C=O) groups excluding carboxylic acids is 1. The van der Waals surface area contributed by atoms with Crippen molar-refractivity contribution >= 4 is 5.78 Å². The van der Waals surface area contributed by atoms with Gasteiger partial charge in [0.1, 0.15) is 0 Å². The quantitative estimate of drug-likeness (QED) is 0.538. The van der Waals surface area contributed by atoms with Crippen LogP contribution in [-0.2, 0) is 4.79 Å². The van der Waals surface area contributed by atoms with Crippen LogP contribution in [0.5, 0.6) is 0 Å². The van der Waals surface area contributed by atoms with Gasteiger partial charge in [-0.1, -0.05) is 45.4 Å². The van der Waals surface area contributed by atoms with Crippen LogP contribution < -0.4 is 0 Å². The molecule has 3 fully saturated rings. The molecule has 2 nitrogen and oxygen atoms in total. The number of carbonyl (C=O) groups is 1. The van der Waals surface area contributed by atoms with Crippen molar-refractivity contribution in [3.8, 4) is 0 Å². The lowest BCUT2D eigenvalue weighted by atomic mass is 9.44. The molecule has 0 saturated heterocycles. The number of allylic oxidation sites excluding steroid dienone is 1. The zero-order chi connectivity index (χ0) is 16.0. The number of ketones is 1. The molecule has 2 bridgehead atoms. The number of hydrogen-bond acceptors (Lipinski definition) is 2. The average Bonchev–Trinajstić information content (AvgIpc) is 2.56. The first-order chi connectivity index (χ1) is 10.2. The van der Waals surface area contributed by atoms with E-state index in [1.165, 1.54) is 24.8 Å². The minimum atomic E-state index is -0.964. The van der Waals surface area contributed by atoms with Gasteiger partial charge in [0, 0.05) is 5.57 Å². The van der Waals surface area contributed by atoms with Crippen LogP contribution in [0.3, 0.4) is 0 Å². The summed E-state index contributed by atoms with van der Waals surface area (Å²) in [5, 5.41) is 10.8. The number of fused-ring (bicyclic) bond motifs is 3. The number of hydrogen-bond donors (Lipinski definition) is 1. The van der Waals surface area contributed by atoms with Crippen molar-refractivity contribution in [2.24, 2.45) is 22.2 Å². The van der Waals surface area contributed by atoms with E-state index in [-0.39, 0.29) is 11.2 Å². The SMILES string of the molecule is C=C1C(=O)[C@@]23CC[C@@H]4C(C)(C)CCC[C@@]4(C)C2=CC[C@]1(O)C3. The minimum Gasteiger partial charge on any atom is -0.385 e. The molecule has 4 rings (SSSR count). The summed E-state index contributed by atoms with van der Waals surface area (Å²) in [4.78, 5) is 13.0. The molecule has 4 aliphatic carbocycles. The molecule has 0 aromatic heterocycles. The highest BCUT2D eigenvalue weighted by molar-refractivity contribution is 6.07. The summed E-state index contributed by atoms with van der Waals surface area (Å²) in [7, 11) is 0. The van der Waals surface area contributed by atoms with E-state index in [4.69, 9.17) is 0 Å². The monoisotopic (exact) mass is 300 g/mol. The van der Waals surface area contributed by atoms with E-state index < -0.39 is 11.0 Å². The van der Waals surface area contributed by atoms with Gasteiger partial charge in [0.05, 0.1) is 11.0 Å². The van der Waals surface area contributed by atoms with Crippen LogP contribution >= 0.6 is 0 Å². The third-order valence-electron chi connectivity index (χ3n) is 7.73. The summed E-state index contributed by atoms with van der Waals surface area (Å²) in [5.41, 5.74) is 0.911. The van der Waals surface area contributed by atoms with Crippen LogP contribution in [0.1, 0.15) is 65.7 Å². The van der Waals surface area contributed by atoms with Gasteiger partial charge in [-0.2, -0.15) is 0 Å². The Bertz CT molecular complexity index is 613. The fourth-order valence-corrected chi connectivity index (χ4v) is 6.73. The Hall–Kier alpha value is -0.890. The minimum absolute atomic E-state index is 0.127. The second kappa shape index (κ2) is 3.95. The van der Waals surface area contributed by atoms with Gasteiger partial charge in [0.15, 0.2) is 5.78 Å². The van der Waals surface area contributed by atoms with Gasteiger partial charge in [0.25, 0.3) is 0 Å². The highest BCUT2D eigenvalue weighted by Crippen LogP contribution is 2.69. The average molecular weight is 300 g/mol. The van der Waals surface area contributed by atoms with Crippen molar-refractivity contribution in [3.05, 3.63) is 23.8 Å². The van der Waals surface area contributed by atoms with Crippen LogP contribution in [0.25, 0.3) is 0 Å². The maximum Gasteiger partial charge on any atom is 0.171 e. The normalized spacial score (nSPS) is 49.5. The Labute approximate surface area is 133 Å². The Balaban J connectivity index is 1.87. The van der Waals surface area contributed by atoms with E-state index in [1.54, 1.807) is 0 Å². The van der Waals surface area contributed by atoms with Crippen molar-refractivity contribution in [3.63, 3.8) is 0 Å². The molecule has 0 aromatic carbocycles. The Morgan fingerprint density at radius 1 is 1.23 bits per heavy atom. The van der Waals surface area contributed by atoms with E-state index >= 15 is 0 Å². The molecule has 2 heteroatoms. The van der Waals surface area contributed by atoms with Crippen molar-refractivity contribution in [1.29, 1.82) is 0 Å². The smallest absolute Gasteiger partial charge is 0.171 e. The highest BCUT2D eigenvalue weighted by Gasteiger charge is 2.66. The van der Waals surface area contributed by atoms with Gasteiger partial charge < -0.3 is 5.11 Å². The largest absolute Gasteiger partial charge is 0.385 e. The predicted molar refractivity (Wildman–Crippen MR) is 87.3 cm³/mol. The molecule has 4 aliphatic rings. The Morgan fingerprint density at radius 3 is 2.68 bits per heavy atom. The first kappa shape index (κ1) is 14.7. The lowest BCUT2D eigenvalue weighted by Gasteiger charge is -2.60. The molecule has 0 aliphatic heterocycles. The number of rotatable bonds is 0. The van der Waals surface area contributed by atoms with E-state index in [1.807, 2.05) is 0 Å². The lowest BCUT2D eigenvalue weighted by Crippen LogP contribution is -2.53. The number of Topliss-reactive ketones (excluding diaryl/α,β-unsaturated/α-hetero) is 1. The van der Waals surface area contributed by atoms with Gasteiger partial charge in [-0.15, -0.1) is 0 Å². The first-order valence-electron chi connectivity index (χ1n) is 8.84. The second-order valence-electron chi connectivity index (χ2n) is 9.27. The highest BCUT2D eigenvalue weighted by atomic mass is 16.3. The molecule has 4 atom stereocenters. The fraction of sp³-hybridized carbons (Fsp3) is 0.750. The van der Waals surface area contributed by atoms with Crippen LogP contribution in [-0.4, -0.2) is 16.5 Å². The molecule has 0 radical (unpaired) electrons.